The fourth-order valence-corrected chi connectivity index (χ4v) is 5.34. The third-order valence-corrected chi connectivity index (χ3v) is 7.38. The maximum absolute atomic E-state index is 13.4. The molecule has 0 saturated carbocycles. The quantitative estimate of drug-likeness (QED) is 0.222. The van der Waals surface area contributed by atoms with Crippen LogP contribution >= 0.6 is 0 Å². The second-order valence-corrected chi connectivity index (χ2v) is 10.8. The molecule has 4 rings (SSSR count). The van der Waals surface area contributed by atoms with Crippen LogP contribution in [-0.4, -0.2) is 61.3 Å². The molecular formula is C31H37N3O8. The van der Waals surface area contributed by atoms with Crippen LogP contribution in [0.5, 0.6) is 0 Å². The summed E-state index contributed by atoms with van der Waals surface area (Å²) in [5.74, 6) is -3.52. The zero-order valence-electron chi connectivity index (χ0n) is 24.5. The Hall–Kier alpha value is -4.09. The molecule has 2 heterocycles. The molecule has 11 heteroatoms. The monoisotopic (exact) mass is 579 g/mol. The van der Waals surface area contributed by atoms with Crippen LogP contribution in [0.25, 0.3) is 0 Å². The van der Waals surface area contributed by atoms with E-state index < -0.39 is 34.5 Å². The SMILES string of the molecule is COC(=O)C1C(C)=NC(C)=C(C(=O)OCCc2ccc(NCCC3COC(C)(C)O3)cc2)C1c1cccc([N+](=O)[O-])c1. The summed E-state index contributed by atoms with van der Waals surface area (Å²) in [5.41, 5.74) is 3.25. The van der Waals surface area contributed by atoms with Gasteiger partial charge in [0, 0.05) is 48.1 Å². The van der Waals surface area contributed by atoms with E-state index in [2.05, 4.69) is 10.3 Å². The molecule has 42 heavy (non-hydrogen) atoms. The van der Waals surface area contributed by atoms with Crippen molar-refractivity contribution < 1.29 is 33.5 Å². The van der Waals surface area contributed by atoms with E-state index in [4.69, 9.17) is 18.9 Å². The van der Waals surface area contributed by atoms with Crippen LogP contribution in [0, 0.1) is 16.0 Å². The second kappa shape index (κ2) is 13.3. The summed E-state index contributed by atoms with van der Waals surface area (Å²) in [5, 5.41) is 14.8. The number of aliphatic imine (C=N–C) groups is 1. The average Bonchev–Trinajstić information content (AvgIpc) is 3.31. The Morgan fingerprint density at radius 1 is 1.17 bits per heavy atom. The van der Waals surface area contributed by atoms with Crippen LogP contribution in [0.4, 0.5) is 11.4 Å². The van der Waals surface area contributed by atoms with Crippen molar-refractivity contribution in [3.8, 4) is 0 Å². The molecule has 2 aromatic rings. The van der Waals surface area contributed by atoms with E-state index in [0.717, 1.165) is 24.2 Å². The van der Waals surface area contributed by atoms with Gasteiger partial charge in [-0.2, -0.15) is 0 Å². The molecule has 224 valence electrons. The number of nitro benzene ring substituents is 1. The Balaban J connectivity index is 1.40. The first-order chi connectivity index (χ1) is 20.0. The van der Waals surface area contributed by atoms with Crippen LogP contribution in [0.3, 0.4) is 0 Å². The third-order valence-electron chi connectivity index (χ3n) is 7.38. The van der Waals surface area contributed by atoms with Gasteiger partial charge in [-0.15, -0.1) is 0 Å². The van der Waals surface area contributed by atoms with Gasteiger partial charge in [0.15, 0.2) is 5.79 Å². The van der Waals surface area contributed by atoms with Crippen molar-refractivity contribution in [2.75, 3.05) is 32.2 Å². The maximum atomic E-state index is 13.4. The summed E-state index contributed by atoms with van der Waals surface area (Å²) in [7, 11) is 1.25. The van der Waals surface area contributed by atoms with Gasteiger partial charge in [-0.25, -0.2) is 4.79 Å². The number of ether oxygens (including phenoxy) is 4. The number of carbonyl (C=O) groups is 2. The number of allylic oxidation sites excluding steroid dienone is 1. The number of benzene rings is 2. The van der Waals surface area contributed by atoms with E-state index in [0.29, 0.717) is 30.0 Å². The lowest BCUT2D eigenvalue weighted by atomic mass is 9.75. The van der Waals surface area contributed by atoms with E-state index in [9.17, 15) is 19.7 Å². The summed E-state index contributed by atoms with van der Waals surface area (Å²) >= 11 is 0. The number of hydrogen-bond acceptors (Lipinski definition) is 10. The predicted molar refractivity (Wildman–Crippen MR) is 156 cm³/mol. The number of hydrogen-bond donors (Lipinski definition) is 1. The number of nitro groups is 1. The van der Waals surface area contributed by atoms with Crippen molar-refractivity contribution in [2.24, 2.45) is 10.9 Å². The average molecular weight is 580 g/mol. The van der Waals surface area contributed by atoms with E-state index in [-0.39, 0.29) is 24.0 Å². The molecule has 1 saturated heterocycles. The summed E-state index contributed by atoms with van der Waals surface area (Å²) < 4.78 is 22.1. The molecule has 3 atom stereocenters. The first-order valence-corrected chi connectivity index (χ1v) is 13.9. The van der Waals surface area contributed by atoms with Gasteiger partial charge in [-0.05, 0) is 57.4 Å². The van der Waals surface area contributed by atoms with Crippen molar-refractivity contribution >= 4 is 29.0 Å². The minimum absolute atomic E-state index is 0.0680. The van der Waals surface area contributed by atoms with E-state index in [1.807, 2.05) is 38.1 Å². The molecule has 3 unspecified atom stereocenters. The fourth-order valence-electron chi connectivity index (χ4n) is 5.34. The van der Waals surface area contributed by atoms with Gasteiger partial charge in [0.1, 0.15) is 5.92 Å². The van der Waals surface area contributed by atoms with Crippen molar-refractivity contribution in [2.45, 2.75) is 58.3 Å². The summed E-state index contributed by atoms with van der Waals surface area (Å²) in [4.78, 5) is 41.6. The molecule has 0 amide bonds. The number of nitrogens with zero attached hydrogens (tertiary/aromatic N) is 2. The first-order valence-electron chi connectivity index (χ1n) is 13.9. The standard InChI is InChI=1S/C31H37N3O8/c1-19-26(29(35)39-5)28(22-7-6-8-24(17-22)34(37)38)27(20(2)33-19)30(36)40-16-14-21-9-11-23(12-10-21)32-15-13-25-18-41-31(3,4)42-25/h6-12,17,25-26,28,32H,13-16,18H2,1-5H3. The molecule has 0 aromatic heterocycles. The van der Waals surface area contributed by atoms with Crippen molar-refractivity contribution in [1.29, 1.82) is 0 Å². The molecule has 1 N–H and O–H groups in total. The summed E-state index contributed by atoms with van der Waals surface area (Å²) in [6.07, 6.45) is 1.37. The number of non-ortho nitro benzene ring substituents is 1. The minimum atomic E-state index is -0.928. The van der Waals surface area contributed by atoms with Gasteiger partial charge in [0.05, 0.1) is 36.9 Å². The zero-order valence-corrected chi connectivity index (χ0v) is 24.5. The Morgan fingerprint density at radius 3 is 2.55 bits per heavy atom. The van der Waals surface area contributed by atoms with Gasteiger partial charge >= 0.3 is 11.9 Å². The first kappa shape index (κ1) is 30.9. The molecule has 0 aliphatic carbocycles. The molecular weight excluding hydrogens is 542 g/mol. The molecule has 0 spiro atoms. The topological polar surface area (TPSA) is 139 Å². The zero-order chi connectivity index (χ0) is 30.4. The number of rotatable bonds is 11. The predicted octanol–water partition coefficient (Wildman–Crippen LogP) is 4.96. The van der Waals surface area contributed by atoms with Gasteiger partial charge in [0.25, 0.3) is 5.69 Å². The molecule has 2 aliphatic heterocycles. The lowest BCUT2D eigenvalue weighted by Gasteiger charge is -2.31. The smallest absolute Gasteiger partial charge is 0.336 e. The number of carbonyl (C=O) groups excluding carboxylic acids is 2. The Kier molecular flexibility index (Phi) is 9.74. The van der Waals surface area contributed by atoms with Crippen LogP contribution in [-0.2, 0) is 35.0 Å². The van der Waals surface area contributed by atoms with Crippen molar-refractivity contribution in [3.05, 3.63) is 81.0 Å². The highest BCUT2D eigenvalue weighted by Gasteiger charge is 2.42. The Morgan fingerprint density at radius 2 is 1.90 bits per heavy atom. The van der Waals surface area contributed by atoms with E-state index in [1.165, 1.54) is 25.3 Å². The van der Waals surface area contributed by atoms with Crippen LogP contribution in [0.15, 0.2) is 64.8 Å². The van der Waals surface area contributed by atoms with Crippen LogP contribution in [0.2, 0.25) is 0 Å². The molecule has 0 bridgehead atoms. The van der Waals surface area contributed by atoms with E-state index in [1.54, 1.807) is 19.9 Å². The number of nitrogens with one attached hydrogen (secondary N) is 1. The summed E-state index contributed by atoms with van der Waals surface area (Å²) in [6.45, 7) is 8.59. The number of anilines is 1. The van der Waals surface area contributed by atoms with Gasteiger partial charge in [-0.3, -0.25) is 19.9 Å². The molecule has 2 aromatic carbocycles. The second-order valence-electron chi connectivity index (χ2n) is 10.8. The molecule has 2 aliphatic rings. The highest BCUT2D eigenvalue weighted by atomic mass is 16.7. The lowest BCUT2D eigenvalue weighted by molar-refractivity contribution is -0.384. The van der Waals surface area contributed by atoms with Gasteiger partial charge in [-0.1, -0.05) is 24.3 Å². The largest absolute Gasteiger partial charge is 0.468 e. The molecule has 1 fully saturated rings. The Bertz CT molecular complexity index is 1380. The van der Waals surface area contributed by atoms with Crippen LogP contribution < -0.4 is 5.32 Å². The van der Waals surface area contributed by atoms with Gasteiger partial charge in [0.2, 0.25) is 0 Å². The third kappa shape index (κ3) is 7.40. The highest BCUT2D eigenvalue weighted by Crippen LogP contribution is 2.41. The Labute approximate surface area is 245 Å². The van der Waals surface area contributed by atoms with Crippen molar-refractivity contribution in [3.63, 3.8) is 0 Å². The van der Waals surface area contributed by atoms with Crippen molar-refractivity contribution in [1.82, 2.24) is 0 Å². The minimum Gasteiger partial charge on any atom is -0.468 e. The normalized spacial score (nSPS) is 21.5. The van der Waals surface area contributed by atoms with E-state index >= 15 is 0 Å². The number of esters is 2. The summed E-state index contributed by atoms with van der Waals surface area (Å²) in [6, 6.07) is 13.8. The fraction of sp³-hybridized carbons (Fsp3) is 0.452. The molecule has 11 nitrogen and oxygen atoms in total. The number of methoxy groups -OCH3 is 1. The lowest BCUT2D eigenvalue weighted by Crippen LogP contribution is -2.36. The molecule has 0 radical (unpaired) electrons. The maximum Gasteiger partial charge on any atom is 0.336 e. The van der Waals surface area contributed by atoms with Gasteiger partial charge < -0.3 is 24.3 Å². The van der Waals surface area contributed by atoms with Crippen LogP contribution in [0.1, 0.15) is 51.2 Å². The highest BCUT2D eigenvalue weighted by molar-refractivity contribution is 6.07.